The molecule has 2 aromatic rings. The number of anilines is 2. The molecule has 0 saturated carbocycles. The van der Waals surface area contributed by atoms with E-state index >= 15 is 0 Å². The quantitative estimate of drug-likeness (QED) is 0.725. The Labute approximate surface area is 112 Å². The molecule has 0 bridgehead atoms. The van der Waals surface area contributed by atoms with Crippen LogP contribution < -0.4 is 15.1 Å². The van der Waals surface area contributed by atoms with Gasteiger partial charge < -0.3 is 9.64 Å². The van der Waals surface area contributed by atoms with Crippen LogP contribution >= 0.6 is 11.8 Å². The topological polar surface area (TPSA) is 12.5 Å². The molecule has 1 heterocycles. The van der Waals surface area contributed by atoms with Crippen molar-refractivity contribution in [3.63, 3.8) is 0 Å². The zero-order chi connectivity index (χ0) is 12.7. The van der Waals surface area contributed by atoms with Gasteiger partial charge in [0.2, 0.25) is 0 Å². The maximum Gasteiger partial charge on any atom is 0.120 e. The highest BCUT2D eigenvalue weighted by Crippen LogP contribution is 2.47. The monoisotopic (exact) mass is 253 g/mol. The molecule has 0 amide bonds. The Balaban J connectivity index is 2.12. The molecule has 0 spiro atoms. The Kier molecular flexibility index (Phi) is 2.75. The second-order valence-electron chi connectivity index (χ2n) is 4.22. The number of ether oxygens (including phenoxy) is 1. The maximum atomic E-state index is 5.85. The summed E-state index contributed by atoms with van der Waals surface area (Å²) in [5.41, 5.74) is 3.17. The average molecular weight is 253 g/mol. The van der Waals surface area contributed by atoms with Crippen LogP contribution in [0.1, 0.15) is 0 Å². The van der Waals surface area contributed by atoms with E-state index in [2.05, 4.69) is 30.1 Å². The number of fused-ring (bicyclic) bond motifs is 2. The van der Waals surface area contributed by atoms with Crippen molar-refractivity contribution in [3.8, 4) is 5.75 Å². The molecule has 2 aromatic carbocycles. The van der Waals surface area contributed by atoms with Crippen LogP contribution in [0.4, 0.5) is 11.4 Å². The predicted octanol–water partition coefficient (Wildman–Crippen LogP) is 2.72. The lowest BCUT2D eigenvalue weighted by Gasteiger charge is -2.29. The van der Waals surface area contributed by atoms with E-state index in [-0.39, 0.29) is 0 Å². The molecule has 0 atom stereocenters. The lowest BCUT2D eigenvalue weighted by molar-refractivity contribution is 0.413. The van der Waals surface area contributed by atoms with Gasteiger partial charge in [0.15, 0.2) is 0 Å². The number of benzene rings is 2. The summed E-state index contributed by atoms with van der Waals surface area (Å²) in [4.78, 5) is 4.55. The largest absolute Gasteiger partial charge is 0.497 e. The normalized spacial score (nSPS) is 12.9. The van der Waals surface area contributed by atoms with E-state index in [1.807, 2.05) is 18.2 Å². The van der Waals surface area contributed by atoms with Crippen LogP contribution in [0.15, 0.2) is 46.2 Å². The number of methoxy groups -OCH3 is 1. The summed E-state index contributed by atoms with van der Waals surface area (Å²) in [6, 6.07) is 12.1. The van der Waals surface area contributed by atoms with E-state index in [0.717, 1.165) is 11.2 Å². The molecule has 4 heteroatoms. The van der Waals surface area contributed by atoms with Crippen LogP contribution in [0, 0.1) is 0 Å². The van der Waals surface area contributed by atoms with Gasteiger partial charge in [0, 0.05) is 16.8 Å². The predicted molar refractivity (Wildman–Crippen MR) is 77.0 cm³/mol. The molecule has 1 aliphatic heterocycles. The van der Waals surface area contributed by atoms with E-state index in [1.165, 1.54) is 21.2 Å². The van der Waals surface area contributed by atoms with Gasteiger partial charge in [-0.15, -0.1) is 0 Å². The van der Waals surface area contributed by atoms with Crippen LogP contribution in [-0.4, -0.2) is 22.0 Å². The van der Waals surface area contributed by atoms with Crippen molar-refractivity contribution < 1.29 is 4.74 Å². The van der Waals surface area contributed by atoms with Crippen LogP contribution in [0.25, 0.3) is 0 Å². The van der Waals surface area contributed by atoms with Crippen LogP contribution in [0.5, 0.6) is 5.75 Å². The fourth-order valence-electron chi connectivity index (χ4n) is 2.12. The minimum atomic E-state index is 0.793. The van der Waals surface area contributed by atoms with Crippen LogP contribution in [0.3, 0.4) is 0 Å². The summed E-state index contributed by atoms with van der Waals surface area (Å²) in [5, 5.41) is 0. The fraction of sp³-hybridized carbons (Fsp3) is 0.143. The number of hydrogen-bond donors (Lipinski definition) is 0. The van der Waals surface area contributed by atoms with E-state index in [4.69, 9.17) is 12.6 Å². The van der Waals surface area contributed by atoms with Gasteiger partial charge in [0.25, 0.3) is 0 Å². The molecule has 0 fully saturated rings. The van der Waals surface area contributed by atoms with E-state index in [1.54, 1.807) is 18.9 Å². The Morgan fingerprint density at radius 1 is 1.06 bits per heavy atom. The second-order valence-corrected chi connectivity index (χ2v) is 5.31. The summed E-state index contributed by atoms with van der Waals surface area (Å²) >= 11 is 1.73. The van der Waals surface area contributed by atoms with Crippen LogP contribution in [-0.2, 0) is 0 Å². The Hall–Kier alpha value is -1.55. The summed E-state index contributed by atoms with van der Waals surface area (Å²) in [6.07, 6.45) is 0. The summed E-state index contributed by atoms with van der Waals surface area (Å²) in [6.45, 7) is 0. The van der Waals surface area contributed by atoms with Crippen molar-refractivity contribution in [3.05, 3.63) is 36.4 Å². The van der Waals surface area contributed by atoms with Gasteiger partial charge in [-0.25, -0.2) is 0 Å². The Morgan fingerprint density at radius 2 is 1.72 bits per heavy atom. The van der Waals surface area contributed by atoms with Crippen molar-refractivity contribution in [1.82, 2.24) is 0 Å². The molecule has 2 nitrogen and oxygen atoms in total. The van der Waals surface area contributed by atoms with E-state index in [9.17, 15) is 0 Å². The van der Waals surface area contributed by atoms with E-state index in [0.29, 0.717) is 0 Å². The number of hydrogen-bond acceptors (Lipinski definition) is 3. The average Bonchev–Trinajstić information content (AvgIpc) is 2.38. The third-order valence-corrected chi connectivity index (χ3v) is 4.19. The highest BCUT2D eigenvalue weighted by molar-refractivity contribution is 7.99. The molecule has 0 N–H and O–H groups in total. The molecule has 2 radical (unpaired) electrons. The summed E-state index contributed by atoms with van der Waals surface area (Å²) in [7, 11) is 9.60. The summed E-state index contributed by atoms with van der Waals surface area (Å²) < 4.78 is 5.27. The lowest BCUT2D eigenvalue weighted by Crippen LogP contribution is -2.16. The van der Waals surface area contributed by atoms with Gasteiger partial charge in [0.1, 0.15) is 13.6 Å². The highest BCUT2D eigenvalue weighted by Gasteiger charge is 2.20. The first kappa shape index (κ1) is 11.5. The van der Waals surface area contributed by atoms with Gasteiger partial charge >= 0.3 is 0 Å². The SMILES string of the molecule is [B]c1ccc2c(c1)Sc1cc(OC)ccc1N2C. The van der Waals surface area contributed by atoms with Gasteiger partial charge in [-0.05, 0) is 24.3 Å². The molecular weight excluding hydrogens is 241 g/mol. The van der Waals surface area contributed by atoms with Gasteiger partial charge in [-0.2, -0.15) is 0 Å². The van der Waals surface area contributed by atoms with Crippen molar-refractivity contribution in [2.24, 2.45) is 0 Å². The first-order chi connectivity index (χ1) is 8.69. The molecule has 88 valence electrons. The van der Waals surface area contributed by atoms with E-state index < -0.39 is 0 Å². The third kappa shape index (κ3) is 1.77. The third-order valence-electron chi connectivity index (χ3n) is 3.09. The standard InChI is InChI=1S/C14H12BNOS/c1-16-11-5-3-9(15)7-13(11)18-14-8-10(17-2)4-6-12(14)16/h3-8H,1-2H3. The molecule has 3 rings (SSSR count). The fourth-order valence-corrected chi connectivity index (χ4v) is 3.34. The smallest absolute Gasteiger partial charge is 0.120 e. The molecule has 0 aliphatic carbocycles. The summed E-state index contributed by atoms with van der Waals surface area (Å²) in [5.74, 6) is 0.877. The molecule has 0 saturated heterocycles. The number of rotatable bonds is 1. The number of nitrogens with zero attached hydrogens (tertiary/aromatic N) is 1. The van der Waals surface area contributed by atoms with Crippen molar-refractivity contribution in [2.45, 2.75) is 9.79 Å². The molecule has 1 aliphatic rings. The molecule has 0 unspecified atom stereocenters. The minimum absolute atomic E-state index is 0.793. The van der Waals surface area contributed by atoms with Crippen molar-refractivity contribution in [2.75, 3.05) is 19.1 Å². The zero-order valence-electron chi connectivity index (χ0n) is 10.3. The molecule has 0 aromatic heterocycles. The van der Waals surface area contributed by atoms with Gasteiger partial charge in [0.05, 0.1) is 18.5 Å². The minimum Gasteiger partial charge on any atom is -0.497 e. The maximum absolute atomic E-state index is 5.85. The van der Waals surface area contributed by atoms with Crippen LogP contribution in [0.2, 0.25) is 0 Å². The van der Waals surface area contributed by atoms with Gasteiger partial charge in [-0.1, -0.05) is 29.4 Å². The molecule has 18 heavy (non-hydrogen) atoms. The first-order valence-corrected chi connectivity index (χ1v) is 6.50. The van der Waals surface area contributed by atoms with Crippen molar-refractivity contribution in [1.29, 1.82) is 0 Å². The van der Waals surface area contributed by atoms with Gasteiger partial charge in [-0.3, -0.25) is 0 Å². The zero-order valence-corrected chi connectivity index (χ0v) is 11.1. The van der Waals surface area contributed by atoms with Crippen molar-refractivity contribution >= 4 is 36.4 Å². The molecular formula is C14H12BNOS. The Morgan fingerprint density at radius 3 is 2.44 bits per heavy atom. The Bertz CT molecular complexity index is 615. The highest BCUT2D eigenvalue weighted by atomic mass is 32.2. The first-order valence-electron chi connectivity index (χ1n) is 5.68. The second kappa shape index (κ2) is 4.28. The lowest BCUT2D eigenvalue weighted by atomic mass is 9.96.